The molecular weight excluding hydrogens is 401 g/mol. The summed E-state index contributed by atoms with van der Waals surface area (Å²) in [5.41, 5.74) is 0.616. The molecule has 162 valence electrons. The Morgan fingerprint density at radius 1 is 1.28 bits per heavy atom. The van der Waals surface area contributed by atoms with Crippen LogP contribution >= 0.6 is 0 Å². The van der Waals surface area contributed by atoms with Gasteiger partial charge < -0.3 is 9.64 Å². The lowest BCUT2D eigenvalue weighted by atomic mass is 10.1. The van der Waals surface area contributed by atoms with Gasteiger partial charge in [0.2, 0.25) is 15.9 Å². The monoisotopic (exact) mass is 429 g/mol. The smallest absolute Gasteiger partial charge is 0.324 e. The van der Waals surface area contributed by atoms with Crippen molar-refractivity contribution in [1.82, 2.24) is 14.9 Å². The number of halogens is 1. The van der Waals surface area contributed by atoms with E-state index in [1.165, 1.54) is 23.1 Å². The number of carbonyl (C=O) groups excluding carboxylic acids is 2. The van der Waals surface area contributed by atoms with Crippen molar-refractivity contribution in [3.8, 4) is 5.75 Å². The van der Waals surface area contributed by atoms with Gasteiger partial charge in [0.1, 0.15) is 6.54 Å². The van der Waals surface area contributed by atoms with Crippen molar-refractivity contribution in [2.75, 3.05) is 25.4 Å². The number of hydrogen-bond donors (Lipinski definition) is 2. The van der Waals surface area contributed by atoms with E-state index in [2.05, 4.69) is 10.0 Å². The van der Waals surface area contributed by atoms with Crippen LogP contribution in [0.4, 0.5) is 9.18 Å². The van der Waals surface area contributed by atoms with E-state index in [4.69, 9.17) is 4.74 Å². The molecule has 10 heteroatoms. The van der Waals surface area contributed by atoms with Gasteiger partial charge in [-0.25, -0.2) is 22.3 Å². The molecule has 0 spiro atoms. The van der Waals surface area contributed by atoms with E-state index >= 15 is 0 Å². The lowest BCUT2D eigenvalue weighted by Gasteiger charge is -2.16. The van der Waals surface area contributed by atoms with Crippen molar-refractivity contribution in [2.45, 2.75) is 45.6 Å². The normalized spacial score (nSPS) is 15.5. The fraction of sp³-hybridized carbons (Fsp3) is 0.579. The summed E-state index contributed by atoms with van der Waals surface area (Å²) >= 11 is 0. The van der Waals surface area contributed by atoms with Gasteiger partial charge in [0.15, 0.2) is 11.6 Å². The molecule has 1 aromatic carbocycles. The molecule has 1 saturated heterocycles. The minimum absolute atomic E-state index is 0.0527. The highest BCUT2D eigenvalue weighted by molar-refractivity contribution is 7.89. The van der Waals surface area contributed by atoms with Crippen LogP contribution in [-0.2, 0) is 14.8 Å². The summed E-state index contributed by atoms with van der Waals surface area (Å²) < 4.78 is 46.4. The van der Waals surface area contributed by atoms with Crippen molar-refractivity contribution >= 4 is 22.0 Å². The van der Waals surface area contributed by atoms with Crippen molar-refractivity contribution in [3.63, 3.8) is 0 Å². The van der Waals surface area contributed by atoms with E-state index in [1.54, 1.807) is 6.92 Å². The summed E-state index contributed by atoms with van der Waals surface area (Å²) in [5.74, 6) is -0.742. The summed E-state index contributed by atoms with van der Waals surface area (Å²) in [6.45, 7) is 4.46. The Bertz CT molecular complexity index is 831. The third-order valence-corrected chi connectivity index (χ3v) is 6.02. The fourth-order valence-electron chi connectivity index (χ4n) is 2.94. The molecule has 0 bridgehead atoms. The number of urea groups is 1. The number of sulfonamides is 1. The zero-order chi connectivity index (χ0) is 21.4. The van der Waals surface area contributed by atoms with Gasteiger partial charge in [0, 0.05) is 12.6 Å². The van der Waals surface area contributed by atoms with E-state index in [0.717, 1.165) is 6.42 Å². The number of carbonyl (C=O) groups is 2. The molecule has 1 aliphatic heterocycles. The average molecular weight is 430 g/mol. The summed E-state index contributed by atoms with van der Waals surface area (Å²) in [5, 5.41) is 2.20. The van der Waals surface area contributed by atoms with Crippen molar-refractivity contribution in [1.29, 1.82) is 0 Å². The summed E-state index contributed by atoms with van der Waals surface area (Å²) in [7, 11) is -3.52. The number of rotatable bonds is 12. The molecule has 0 aromatic heterocycles. The molecule has 1 aromatic rings. The summed E-state index contributed by atoms with van der Waals surface area (Å²) in [6, 6.07) is 3.39. The Balaban J connectivity index is 1.78. The van der Waals surface area contributed by atoms with Crippen LogP contribution in [0, 0.1) is 5.82 Å². The first-order valence-corrected chi connectivity index (χ1v) is 11.4. The second-order valence-corrected chi connectivity index (χ2v) is 8.91. The number of hydrogen-bond acceptors (Lipinski definition) is 5. The van der Waals surface area contributed by atoms with Crippen LogP contribution in [0.5, 0.6) is 5.75 Å². The molecule has 2 N–H and O–H groups in total. The number of nitrogens with zero attached hydrogens (tertiary/aromatic N) is 1. The van der Waals surface area contributed by atoms with Gasteiger partial charge >= 0.3 is 6.03 Å². The van der Waals surface area contributed by atoms with Gasteiger partial charge in [0.25, 0.3) is 0 Å². The molecule has 8 nitrogen and oxygen atoms in total. The van der Waals surface area contributed by atoms with E-state index in [9.17, 15) is 22.4 Å². The van der Waals surface area contributed by atoms with E-state index in [0.29, 0.717) is 38.0 Å². The zero-order valence-electron chi connectivity index (χ0n) is 16.7. The fourth-order valence-corrected chi connectivity index (χ4v) is 4.32. The molecule has 2 rings (SSSR count). The van der Waals surface area contributed by atoms with Crippen molar-refractivity contribution in [2.24, 2.45) is 0 Å². The topological polar surface area (TPSA) is 105 Å². The molecule has 1 heterocycles. The molecule has 1 unspecified atom stereocenters. The highest BCUT2D eigenvalue weighted by atomic mass is 32.2. The lowest BCUT2D eigenvalue weighted by molar-refractivity contribution is -0.118. The number of nitrogens with one attached hydrogen (secondary N) is 2. The Morgan fingerprint density at radius 3 is 2.69 bits per heavy atom. The molecular formula is C19H28FN3O5S. The van der Waals surface area contributed by atoms with Gasteiger partial charge in [-0.15, -0.1) is 0 Å². The second-order valence-electron chi connectivity index (χ2n) is 7.03. The maximum Gasteiger partial charge on any atom is 0.324 e. The third kappa shape index (κ3) is 7.28. The van der Waals surface area contributed by atoms with Crippen molar-refractivity contribution < 1.29 is 27.1 Å². The van der Waals surface area contributed by atoms with E-state index < -0.39 is 27.9 Å². The second kappa shape index (κ2) is 10.5. The van der Waals surface area contributed by atoms with Crippen LogP contribution in [0.15, 0.2) is 18.2 Å². The number of imide groups is 1. The first kappa shape index (κ1) is 23.1. The van der Waals surface area contributed by atoms with Crippen LogP contribution < -0.4 is 14.8 Å². The number of ether oxygens (including phenoxy) is 1. The predicted molar refractivity (Wildman–Crippen MR) is 106 cm³/mol. The number of benzene rings is 1. The van der Waals surface area contributed by atoms with Crippen LogP contribution in [0.1, 0.15) is 51.1 Å². The Hall–Kier alpha value is -2.20. The van der Waals surface area contributed by atoms with Gasteiger partial charge in [-0.05, 0) is 43.9 Å². The van der Waals surface area contributed by atoms with Gasteiger partial charge in [-0.2, -0.15) is 0 Å². The molecule has 1 aliphatic rings. The lowest BCUT2D eigenvalue weighted by Crippen LogP contribution is -2.30. The number of amides is 3. The predicted octanol–water partition coefficient (Wildman–Crippen LogP) is 2.32. The van der Waals surface area contributed by atoms with Gasteiger partial charge in [0.05, 0.1) is 12.4 Å². The van der Waals surface area contributed by atoms with Crippen LogP contribution in [0.2, 0.25) is 0 Å². The van der Waals surface area contributed by atoms with Crippen LogP contribution in [0.25, 0.3) is 0 Å². The molecule has 0 radical (unpaired) electrons. The largest absolute Gasteiger partial charge is 0.491 e. The first-order chi connectivity index (χ1) is 13.7. The van der Waals surface area contributed by atoms with Gasteiger partial charge in [-0.1, -0.05) is 19.4 Å². The van der Waals surface area contributed by atoms with Gasteiger partial charge in [-0.3, -0.25) is 10.1 Å². The maximum atomic E-state index is 13.8. The standard InChI is InChI=1S/C19H28FN3O5S/c1-3-10-28-17-12-15(7-8-16(17)20)14(2)22-29(26,27)11-6-4-5-9-23-13-18(24)21-19(23)25/h7-8,12,14,22H,3-6,9-11,13H2,1-2H3,(H,21,24,25). The Kier molecular flexibility index (Phi) is 8.39. The van der Waals surface area contributed by atoms with E-state index in [-0.39, 0.29) is 24.0 Å². The average Bonchev–Trinajstić information content (AvgIpc) is 2.97. The van der Waals surface area contributed by atoms with E-state index in [1.807, 2.05) is 6.92 Å². The Morgan fingerprint density at radius 2 is 2.03 bits per heavy atom. The van der Waals surface area contributed by atoms with Crippen LogP contribution in [-0.4, -0.2) is 50.7 Å². The quantitative estimate of drug-likeness (QED) is 0.392. The molecule has 1 atom stereocenters. The third-order valence-electron chi connectivity index (χ3n) is 4.48. The SMILES string of the molecule is CCCOc1cc(C(C)NS(=O)(=O)CCCCCN2CC(=O)NC2=O)ccc1F. The van der Waals surface area contributed by atoms with Crippen molar-refractivity contribution in [3.05, 3.63) is 29.6 Å². The molecule has 0 aliphatic carbocycles. The summed E-state index contributed by atoms with van der Waals surface area (Å²) in [4.78, 5) is 23.9. The first-order valence-electron chi connectivity index (χ1n) is 9.73. The summed E-state index contributed by atoms with van der Waals surface area (Å²) in [6.07, 6.45) is 2.39. The zero-order valence-corrected chi connectivity index (χ0v) is 17.6. The molecule has 0 saturated carbocycles. The number of unbranched alkanes of at least 4 members (excludes halogenated alkanes) is 2. The molecule has 3 amide bonds. The maximum absolute atomic E-state index is 13.8. The highest BCUT2D eigenvalue weighted by Gasteiger charge is 2.25. The highest BCUT2D eigenvalue weighted by Crippen LogP contribution is 2.23. The molecule has 29 heavy (non-hydrogen) atoms. The minimum Gasteiger partial charge on any atom is -0.491 e. The van der Waals surface area contributed by atoms with Crippen LogP contribution in [0.3, 0.4) is 0 Å². The Labute approximate surface area is 170 Å². The minimum atomic E-state index is -3.52. The molecule has 1 fully saturated rings.